The Morgan fingerprint density at radius 3 is 2.39 bits per heavy atom. The smallest absolute Gasteiger partial charge is 0.257 e. The molecule has 5 rings (SSSR count). The maximum atomic E-state index is 15.5. The Bertz CT molecular complexity index is 1790. The van der Waals surface area contributed by atoms with Crippen molar-refractivity contribution in [2.45, 2.75) is 61.5 Å². The maximum Gasteiger partial charge on any atom is 0.257 e. The van der Waals surface area contributed by atoms with Crippen LogP contribution in [0.3, 0.4) is 0 Å². The van der Waals surface area contributed by atoms with E-state index >= 15 is 4.39 Å². The van der Waals surface area contributed by atoms with Crippen LogP contribution in [0.25, 0.3) is 0 Å². The highest BCUT2D eigenvalue weighted by atomic mass is 32.2. The van der Waals surface area contributed by atoms with E-state index in [0.717, 1.165) is 4.90 Å². The first-order valence-corrected chi connectivity index (χ1v) is 17.5. The molecule has 0 saturated carbocycles. The van der Waals surface area contributed by atoms with Crippen molar-refractivity contribution in [3.63, 3.8) is 0 Å². The van der Waals surface area contributed by atoms with Gasteiger partial charge in [0.25, 0.3) is 5.91 Å². The normalized spacial score (nSPS) is 20.2. The molecule has 2 saturated heterocycles. The number of carboxylic acid groups (broad SMARTS) is 1. The number of nitrogens with zero attached hydrogens (tertiary/aromatic N) is 4. The lowest BCUT2D eigenvalue weighted by atomic mass is 9.76. The molecule has 2 fully saturated rings. The third kappa shape index (κ3) is 8.19. The summed E-state index contributed by atoms with van der Waals surface area (Å²) >= 11 is 0. The van der Waals surface area contributed by atoms with Crippen LogP contribution in [0.4, 0.5) is 19.3 Å². The Balaban J connectivity index is 1.43. The molecule has 2 N–H and O–H groups in total. The zero-order chi connectivity index (χ0) is 35.1. The first-order chi connectivity index (χ1) is 23.5. The lowest BCUT2D eigenvalue weighted by molar-refractivity contribution is -0.268. The van der Waals surface area contributed by atoms with E-state index in [0.29, 0.717) is 31.6 Å². The van der Waals surface area contributed by atoms with E-state index in [1.807, 2.05) is 0 Å². The van der Waals surface area contributed by atoms with E-state index in [-0.39, 0.29) is 48.0 Å². The van der Waals surface area contributed by atoms with E-state index in [9.17, 15) is 27.5 Å². The summed E-state index contributed by atoms with van der Waals surface area (Å²) in [6, 6.07) is 14.8. The van der Waals surface area contributed by atoms with Crippen LogP contribution in [-0.2, 0) is 26.0 Å². The minimum atomic E-state index is -4.06. The Morgan fingerprint density at radius 2 is 1.73 bits per heavy atom. The van der Waals surface area contributed by atoms with E-state index < -0.39 is 57.7 Å². The summed E-state index contributed by atoms with van der Waals surface area (Å²) < 4.78 is 63.7. The van der Waals surface area contributed by atoms with Crippen LogP contribution >= 0.6 is 0 Å². The third-order valence-electron chi connectivity index (χ3n) is 9.21. The summed E-state index contributed by atoms with van der Waals surface area (Å²) in [5.74, 6) is -2.47. The second-order valence-electron chi connectivity index (χ2n) is 12.3. The average Bonchev–Trinajstić information content (AvgIpc) is 3.09. The van der Waals surface area contributed by atoms with Crippen molar-refractivity contribution in [3.8, 4) is 0 Å². The van der Waals surface area contributed by atoms with Gasteiger partial charge in [-0.15, -0.1) is 0 Å². The Morgan fingerprint density at radius 1 is 1.04 bits per heavy atom. The molecule has 0 aromatic heterocycles. The van der Waals surface area contributed by atoms with Gasteiger partial charge < -0.3 is 24.9 Å². The molecule has 12 nitrogen and oxygen atoms in total. The topological polar surface area (TPSA) is 169 Å². The van der Waals surface area contributed by atoms with E-state index in [1.165, 1.54) is 46.8 Å². The standard InChI is InChI=1S/C34H38F2N6O6S/c1-22-20-41(34(44)45)21-26(42(22)49(46,47)27-6-3-2-4-7-27)14-15-28-29(36)8-5-9-30(28)38-33(43)32(39-40-37)31(24-16-18-48-19-17-24)23-10-12-25(35)13-11-23/h2-13,22,24,26,31-32,37H,14-21H2,1H3,(H-,38,43,44,45)/t22?,26?,31-,32-/m0/s1. The maximum absolute atomic E-state index is 15.5. The predicted molar refractivity (Wildman–Crippen MR) is 173 cm³/mol. The number of hydrogen-bond acceptors (Lipinski definition) is 8. The predicted octanol–water partition coefficient (Wildman–Crippen LogP) is 4.07. The number of anilines is 1. The Kier molecular flexibility index (Phi) is 11.5. The summed E-state index contributed by atoms with van der Waals surface area (Å²) in [5, 5.41) is 18.6. The fourth-order valence-electron chi connectivity index (χ4n) is 6.95. The van der Waals surface area contributed by atoms with Gasteiger partial charge in [-0.1, -0.05) is 36.4 Å². The number of halogens is 2. The van der Waals surface area contributed by atoms with Gasteiger partial charge in [0.2, 0.25) is 21.0 Å². The molecule has 2 unspecified atom stereocenters. The number of hydrogen-bond donors (Lipinski definition) is 2. The van der Waals surface area contributed by atoms with Gasteiger partial charge in [0.1, 0.15) is 28.4 Å². The highest BCUT2D eigenvalue weighted by molar-refractivity contribution is 7.89. The molecule has 0 aliphatic carbocycles. The molecule has 0 bridgehead atoms. The fraction of sp³-hybridized carbons (Fsp3) is 0.412. The molecule has 49 heavy (non-hydrogen) atoms. The van der Waals surface area contributed by atoms with Crippen molar-refractivity contribution in [3.05, 3.63) is 95.6 Å². The SMILES string of the molecule is CC1CN(C(=O)[O-])CC(CCc2c(F)cccc2NC(=O)[C@@H](N=[N+]=N)[C@@H](c2ccc(F)cc2)C2CCOCC2)N1S(=O)(=O)c1ccccc1. The van der Waals surface area contributed by atoms with Crippen LogP contribution in [0.2, 0.25) is 0 Å². The number of nitrogens with one attached hydrogen (secondary N) is 2. The molecule has 3 aromatic rings. The van der Waals surface area contributed by atoms with Crippen LogP contribution in [0, 0.1) is 23.1 Å². The minimum absolute atomic E-state index is 0.0140. The van der Waals surface area contributed by atoms with Gasteiger partial charge in [0.15, 0.2) is 0 Å². The summed E-state index contributed by atoms with van der Waals surface area (Å²) in [5.41, 5.74) is 8.31. The molecule has 260 valence electrons. The van der Waals surface area contributed by atoms with Crippen molar-refractivity contribution >= 4 is 27.7 Å². The summed E-state index contributed by atoms with van der Waals surface area (Å²) in [6.45, 7) is 2.23. The van der Waals surface area contributed by atoms with Gasteiger partial charge in [-0.25, -0.2) is 17.2 Å². The number of ether oxygens (including phenoxy) is 1. The second-order valence-corrected chi connectivity index (χ2v) is 14.1. The number of amides is 2. The lowest BCUT2D eigenvalue weighted by Crippen LogP contribution is -2.62. The molecule has 4 atom stereocenters. The van der Waals surface area contributed by atoms with E-state index in [4.69, 9.17) is 10.3 Å². The summed E-state index contributed by atoms with van der Waals surface area (Å²) in [4.78, 5) is 30.1. The van der Waals surface area contributed by atoms with Crippen molar-refractivity contribution in [2.75, 3.05) is 31.6 Å². The number of benzene rings is 3. The quantitative estimate of drug-likeness (QED) is 0.226. The van der Waals surface area contributed by atoms with Crippen LogP contribution in [0.15, 0.2) is 82.8 Å². The molecule has 0 spiro atoms. The largest absolute Gasteiger partial charge is 0.530 e. The highest BCUT2D eigenvalue weighted by Gasteiger charge is 2.42. The zero-order valence-corrected chi connectivity index (χ0v) is 27.7. The van der Waals surface area contributed by atoms with Gasteiger partial charge in [0, 0.05) is 55.6 Å². The van der Waals surface area contributed by atoms with Gasteiger partial charge in [0.05, 0.1) is 4.90 Å². The average molecular weight is 697 g/mol. The summed E-state index contributed by atoms with van der Waals surface area (Å²) in [7, 11) is -4.06. The van der Waals surface area contributed by atoms with E-state index in [2.05, 4.69) is 15.3 Å². The number of piperazine rings is 1. The van der Waals surface area contributed by atoms with Crippen molar-refractivity contribution in [1.29, 1.82) is 5.53 Å². The molecule has 0 radical (unpaired) electrons. The Hall–Kier alpha value is -4.56. The van der Waals surface area contributed by atoms with Gasteiger partial charge >= 0.3 is 0 Å². The molecular formula is C34H38F2N6O6S. The third-order valence-corrected chi connectivity index (χ3v) is 11.3. The second kappa shape index (κ2) is 15.8. The van der Waals surface area contributed by atoms with Crippen LogP contribution < -0.4 is 15.3 Å². The highest BCUT2D eigenvalue weighted by Crippen LogP contribution is 2.37. The van der Waals surface area contributed by atoms with Gasteiger partial charge in [-0.3, -0.25) is 4.79 Å². The van der Waals surface area contributed by atoms with E-state index in [1.54, 1.807) is 37.3 Å². The monoisotopic (exact) mass is 696 g/mol. The first-order valence-electron chi connectivity index (χ1n) is 16.0. The van der Waals surface area contributed by atoms with Crippen LogP contribution in [-0.4, -0.2) is 74.1 Å². The lowest BCUT2D eigenvalue weighted by Gasteiger charge is -2.45. The van der Waals surface area contributed by atoms with Crippen molar-refractivity contribution in [1.82, 2.24) is 14.1 Å². The number of carbonyl (C=O) groups is 2. The molecular weight excluding hydrogens is 658 g/mol. The zero-order valence-electron chi connectivity index (χ0n) is 26.9. The number of sulfonamides is 1. The van der Waals surface area contributed by atoms with Gasteiger partial charge in [-0.05, 0) is 80.5 Å². The van der Waals surface area contributed by atoms with Crippen LogP contribution in [0.1, 0.15) is 43.2 Å². The fourth-order valence-corrected chi connectivity index (χ4v) is 8.80. The number of carbonyl (C=O) groups excluding carboxylic acids is 2. The number of rotatable bonds is 11. The molecule has 2 heterocycles. The molecule has 2 aliphatic heterocycles. The molecule has 3 aromatic carbocycles. The van der Waals surface area contributed by atoms with Crippen LogP contribution in [0.5, 0.6) is 0 Å². The molecule has 2 amide bonds. The Labute approximate surface area is 283 Å². The first kappa shape index (κ1) is 35.7. The van der Waals surface area contributed by atoms with Crippen molar-refractivity contribution in [2.24, 2.45) is 11.0 Å². The summed E-state index contributed by atoms with van der Waals surface area (Å²) in [6.07, 6.45) is -0.305. The van der Waals surface area contributed by atoms with Gasteiger partial charge in [-0.2, -0.15) is 4.31 Å². The van der Waals surface area contributed by atoms with Crippen molar-refractivity contribution < 1.29 is 36.6 Å². The minimum Gasteiger partial charge on any atom is -0.530 e. The molecule has 15 heteroatoms. The molecule has 2 aliphatic rings.